The van der Waals surface area contributed by atoms with E-state index < -0.39 is 159 Å². The topological polar surface area (TPSA) is 452 Å². The number of amides is 12. The van der Waals surface area contributed by atoms with Crippen LogP contribution in [-0.2, 0) is 64.0 Å². The molecule has 1 fully saturated rings. The monoisotopic (exact) mass is 1020 g/mol. The van der Waals surface area contributed by atoms with Crippen molar-refractivity contribution in [3.05, 3.63) is 29.8 Å². The zero-order valence-corrected chi connectivity index (χ0v) is 40.3. The molecule has 0 saturated carbocycles. The highest BCUT2D eigenvalue weighted by Crippen LogP contribution is 2.13. The molecule has 27 heteroatoms. The molecule has 1 saturated heterocycles. The van der Waals surface area contributed by atoms with Gasteiger partial charge in [0.05, 0.1) is 45.4 Å². The summed E-state index contributed by atoms with van der Waals surface area (Å²) in [5.41, 5.74) is 16.3. The SMILES string of the molecule is CCCCCCCCCCCCNC(=O)C1CC(=O)N[C@H](CO)C(=O)NC(Cc2ccc(O)cc2)C(=O)N[C@H](CC(N)=O)C(=O)NCC(=O)NC(CC(N)=O)C(=O)N[C@@H](CO)C(=O)NC(CC(N)=O)C(=O)N1. The molecule has 72 heavy (non-hydrogen) atoms. The average Bonchev–Trinajstić information content (AvgIpc) is 3.31. The van der Waals surface area contributed by atoms with Crippen LogP contribution in [0.1, 0.15) is 102 Å². The quantitative estimate of drug-likeness (QED) is 0.0482. The van der Waals surface area contributed by atoms with Crippen LogP contribution >= 0.6 is 0 Å². The minimum absolute atomic E-state index is 0.0912. The molecule has 0 aromatic heterocycles. The number of hydrogen-bond acceptors (Lipinski definition) is 15. The first-order valence-corrected chi connectivity index (χ1v) is 23.7. The number of unbranched alkanes of at least 4 members (excludes halogenated alkanes) is 9. The van der Waals surface area contributed by atoms with Gasteiger partial charge in [0.25, 0.3) is 0 Å². The maximum atomic E-state index is 13.9. The van der Waals surface area contributed by atoms with Crippen LogP contribution in [-0.4, -0.2) is 155 Å². The molecule has 1 aromatic carbocycles. The van der Waals surface area contributed by atoms with Crippen LogP contribution in [0, 0.1) is 0 Å². The highest BCUT2D eigenvalue weighted by Gasteiger charge is 2.35. The van der Waals surface area contributed by atoms with E-state index in [9.17, 15) is 72.9 Å². The molecule has 12 amide bonds. The Morgan fingerprint density at radius 3 is 1.44 bits per heavy atom. The summed E-state index contributed by atoms with van der Waals surface area (Å²) in [6.45, 7) is -1.03. The number of nitrogens with two attached hydrogens (primary N) is 3. The molecule has 0 aliphatic carbocycles. The number of carbonyl (C=O) groups excluding carboxylic acids is 12. The highest BCUT2D eigenvalue weighted by atomic mass is 16.3. The second-order valence-electron chi connectivity index (χ2n) is 17.2. The Morgan fingerprint density at radius 2 is 0.931 bits per heavy atom. The molecular formula is C45H70N12O15. The Balaban J connectivity index is 2.58. The lowest BCUT2D eigenvalue weighted by atomic mass is 10.0. The highest BCUT2D eigenvalue weighted by molar-refractivity contribution is 6.00. The number of hydrogen-bond donors (Lipinski definition) is 15. The summed E-state index contributed by atoms with van der Waals surface area (Å²) in [4.78, 5) is 158. The lowest BCUT2D eigenvalue weighted by Gasteiger charge is -2.26. The number of carbonyl (C=O) groups is 12. The molecule has 1 aliphatic rings. The number of phenolic OH excluding ortho intramolecular Hbond substituents is 1. The molecule has 0 bridgehead atoms. The predicted octanol–water partition coefficient (Wildman–Crippen LogP) is -5.50. The van der Waals surface area contributed by atoms with Gasteiger partial charge in [0.1, 0.15) is 48.0 Å². The summed E-state index contributed by atoms with van der Waals surface area (Å²) >= 11 is 0. The lowest BCUT2D eigenvalue weighted by Crippen LogP contribution is -2.60. The summed E-state index contributed by atoms with van der Waals surface area (Å²) in [5.74, 6) is -14.2. The van der Waals surface area contributed by atoms with E-state index in [0.717, 1.165) is 44.9 Å². The number of phenols is 1. The third-order valence-electron chi connectivity index (χ3n) is 11.1. The number of rotatable bonds is 22. The van der Waals surface area contributed by atoms with Crippen LogP contribution in [0.15, 0.2) is 24.3 Å². The van der Waals surface area contributed by atoms with E-state index >= 15 is 0 Å². The van der Waals surface area contributed by atoms with E-state index in [4.69, 9.17) is 17.2 Å². The van der Waals surface area contributed by atoms with E-state index in [2.05, 4.69) is 54.8 Å². The largest absolute Gasteiger partial charge is 0.508 e. The molecule has 2 rings (SSSR count). The summed E-state index contributed by atoms with van der Waals surface area (Å²) in [6, 6.07) is -7.58. The van der Waals surface area contributed by atoms with Crippen molar-refractivity contribution < 1.29 is 72.9 Å². The summed E-state index contributed by atoms with van der Waals surface area (Å²) in [6.07, 6.45) is 5.91. The van der Waals surface area contributed by atoms with E-state index in [1.165, 1.54) is 37.1 Å². The van der Waals surface area contributed by atoms with Crippen molar-refractivity contribution in [1.29, 1.82) is 0 Å². The van der Waals surface area contributed by atoms with Gasteiger partial charge in [0, 0.05) is 13.0 Å². The van der Waals surface area contributed by atoms with Crippen LogP contribution in [0.25, 0.3) is 0 Å². The molecule has 1 aliphatic heterocycles. The predicted molar refractivity (Wildman–Crippen MR) is 253 cm³/mol. The number of primary amides is 3. The fraction of sp³-hybridized carbons (Fsp3) is 0.600. The minimum atomic E-state index is -1.95. The van der Waals surface area contributed by atoms with Crippen LogP contribution in [0.3, 0.4) is 0 Å². The number of aliphatic hydroxyl groups excluding tert-OH is 2. The third-order valence-corrected chi connectivity index (χ3v) is 11.1. The van der Waals surface area contributed by atoms with Crippen molar-refractivity contribution in [3.8, 4) is 5.75 Å². The maximum Gasteiger partial charge on any atom is 0.245 e. The van der Waals surface area contributed by atoms with E-state index in [0.29, 0.717) is 12.0 Å². The van der Waals surface area contributed by atoms with Crippen molar-refractivity contribution in [2.75, 3.05) is 26.3 Å². The second-order valence-corrected chi connectivity index (χ2v) is 17.2. The molecule has 0 radical (unpaired) electrons. The molecule has 1 aromatic rings. The van der Waals surface area contributed by atoms with Crippen molar-refractivity contribution in [2.24, 2.45) is 17.2 Å². The van der Waals surface area contributed by atoms with Gasteiger partial charge < -0.3 is 80.4 Å². The maximum absolute atomic E-state index is 13.9. The Hall–Kier alpha value is -7.42. The van der Waals surface area contributed by atoms with Crippen LogP contribution < -0.4 is 65.1 Å². The van der Waals surface area contributed by atoms with Crippen LogP contribution in [0.4, 0.5) is 0 Å². The first-order valence-electron chi connectivity index (χ1n) is 23.7. The Kier molecular flexibility index (Phi) is 27.4. The number of aliphatic hydroxyl groups is 2. The molecule has 18 N–H and O–H groups in total. The zero-order valence-electron chi connectivity index (χ0n) is 40.3. The molecular weight excluding hydrogens is 949 g/mol. The summed E-state index contributed by atoms with van der Waals surface area (Å²) < 4.78 is 0. The number of nitrogens with one attached hydrogen (secondary N) is 9. The molecule has 7 atom stereocenters. The lowest BCUT2D eigenvalue weighted by molar-refractivity contribution is -0.137. The standard InChI is InChI=1S/C45H70N12O15/c1-2-3-4-5-6-7-8-9-10-11-16-49-39(66)31-21-37(64)52-32(23-58)44(71)53-27(17-25-12-14-26(60)15-13-25)41(68)54-28(18-34(46)61)40(67)50-22-38(65)51-29(19-35(47)62)42(69)57-33(24-59)45(72)55-30(20-36(48)63)43(70)56-31/h12-15,27-33,58-60H,2-11,16-24H2,1H3,(H2,46,61)(H2,47,62)(H2,48,63)(H,49,66)(H,50,67)(H,51,65)(H,52,64)(H,53,71)(H,54,68)(H,55,72)(H,56,70)(H,57,69)/t27?,28-,29?,30?,31?,32-,33+/m1/s1. The van der Waals surface area contributed by atoms with Gasteiger partial charge in [-0.3, -0.25) is 57.5 Å². The van der Waals surface area contributed by atoms with E-state index in [1.54, 1.807) is 0 Å². The number of aromatic hydroxyl groups is 1. The van der Waals surface area contributed by atoms with Crippen LogP contribution in [0.5, 0.6) is 5.75 Å². The number of benzene rings is 1. The molecule has 0 spiro atoms. The van der Waals surface area contributed by atoms with Crippen molar-refractivity contribution >= 4 is 70.9 Å². The first-order chi connectivity index (χ1) is 34.2. The average molecular weight is 1020 g/mol. The smallest absolute Gasteiger partial charge is 0.245 e. The van der Waals surface area contributed by atoms with Gasteiger partial charge >= 0.3 is 0 Å². The second kappa shape index (κ2) is 32.5. The van der Waals surface area contributed by atoms with Crippen molar-refractivity contribution in [3.63, 3.8) is 0 Å². The fourth-order valence-electron chi connectivity index (χ4n) is 7.19. The third kappa shape index (κ3) is 23.5. The molecule has 4 unspecified atom stereocenters. The molecule has 1 heterocycles. The summed E-state index contributed by atoms with van der Waals surface area (Å²) in [7, 11) is 0. The first kappa shape index (κ1) is 60.7. The van der Waals surface area contributed by atoms with Gasteiger partial charge in [-0.15, -0.1) is 0 Å². The van der Waals surface area contributed by atoms with Gasteiger partial charge in [0.2, 0.25) is 70.9 Å². The van der Waals surface area contributed by atoms with Crippen LogP contribution in [0.2, 0.25) is 0 Å². The van der Waals surface area contributed by atoms with Gasteiger partial charge in [-0.05, 0) is 24.1 Å². The molecule has 400 valence electrons. The van der Waals surface area contributed by atoms with Gasteiger partial charge in [-0.1, -0.05) is 76.8 Å². The normalized spacial score (nSPS) is 22.4. The Bertz CT molecular complexity index is 2060. The Morgan fingerprint density at radius 1 is 0.528 bits per heavy atom. The minimum Gasteiger partial charge on any atom is -0.508 e. The van der Waals surface area contributed by atoms with E-state index in [1.807, 2.05) is 0 Å². The van der Waals surface area contributed by atoms with E-state index in [-0.39, 0.29) is 18.7 Å². The zero-order chi connectivity index (χ0) is 53.8. The van der Waals surface area contributed by atoms with Crippen molar-refractivity contribution in [1.82, 2.24) is 47.9 Å². The van der Waals surface area contributed by atoms with Gasteiger partial charge in [0.15, 0.2) is 0 Å². The van der Waals surface area contributed by atoms with Gasteiger partial charge in [-0.2, -0.15) is 0 Å². The van der Waals surface area contributed by atoms with Gasteiger partial charge in [-0.25, -0.2) is 0 Å². The molecule has 27 nitrogen and oxygen atoms in total. The van der Waals surface area contributed by atoms with Crippen molar-refractivity contribution in [2.45, 2.75) is 146 Å². The Labute approximate surface area is 415 Å². The summed E-state index contributed by atoms with van der Waals surface area (Å²) in [5, 5.41) is 50.3. The fourth-order valence-corrected chi connectivity index (χ4v) is 7.19.